The lowest BCUT2D eigenvalue weighted by Gasteiger charge is -2.24. The molecule has 0 aromatic carbocycles. The largest absolute Gasteiger partial charge is 0.388 e. The molecule has 7 heteroatoms. The van der Waals surface area contributed by atoms with Crippen molar-refractivity contribution in [1.82, 2.24) is 9.03 Å². The molecular weight excluding hydrogens is 260 g/mol. The highest BCUT2D eigenvalue weighted by Crippen LogP contribution is 2.10. The van der Waals surface area contributed by atoms with Crippen LogP contribution in [0.2, 0.25) is 0 Å². The standard InChI is InChI=1S/C10H24N2O3S2/c1-5-6-7-12(3)17(14,15)11-8-10(2,13)9-16-4/h11,13H,5-9H2,1-4H3. The topological polar surface area (TPSA) is 69.6 Å². The van der Waals surface area contributed by atoms with E-state index in [1.807, 2.05) is 13.2 Å². The smallest absolute Gasteiger partial charge is 0.279 e. The van der Waals surface area contributed by atoms with Crippen molar-refractivity contribution in [2.45, 2.75) is 32.3 Å². The zero-order valence-corrected chi connectivity index (χ0v) is 12.7. The monoisotopic (exact) mass is 284 g/mol. The SMILES string of the molecule is CCCCN(C)S(=O)(=O)NCC(C)(O)CSC. The van der Waals surface area contributed by atoms with E-state index in [-0.39, 0.29) is 6.54 Å². The average Bonchev–Trinajstić information content (AvgIpc) is 2.23. The van der Waals surface area contributed by atoms with Gasteiger partial charge in [0.15, 0.2) is 0 Å². The zero-order valence-electron chi connectivity index (χ0n) is 11.1. The molecule has 0 bridgehead atoms. The van der Waals surface area contributed by atoms with Gasteiger partial charge in [0, 0.05) is 25.9 Å². The molecule has 0 saturated heterocycles. The van der Waals surface area contributed by atoms with Crippen molar-refractivity contribution in [3.63, 3.8) is 0 Å². The molecule has 0 aliphatic heterocycles. The first-order chi connectivity index (χ1) is 7.75. The Morgan fingerprint density at radius 1 is 1.47 bits per heavy atom. The van der Waals surface area contributed by atoms with Crippen LogP contribution in [0.1, 0.15) is 26.7 Å². The second-order valence-corrected chi connectivity index (χ2v) is 7.16. The molecule has 0 aromatic heterocycles. The Labute approximate surface area is 109 Å². The highest BCUT2D eigenvalue weighted by Gasteiger charge is 2.24. The van der Waals surface area contributed by atoms with Gasteiger partial charge >= 0.3 is 0 Å². The molecule has 2 N–H and O–H groups in total. The van der Waals surface area contributed by atoms with Crippen LogP contribution in [0.4, 0.5) is 0 Å². The molecule has 0 aromatic rings. The third-order valence-electron chi connectivity index (χ3n) is 2.33. The molecular formula is C10H24N2O3S2. The molecule has 0 radical (unpaired) electrons. The van der Waals surface area contributed by atoms with Crippen molar-refractivity contribution in [2.75, 3.05) is 32.1 Å². The van der Waals surface area contributed by atoms with Gasteiger partial charge in [-0.05, 0) is 19.6 Å². The van der Waals surface area contributed by atoms with Crippen LogP contribution in [0.5, 0.6) is 0 Å². The van der Waals surface area contributed by atoms with Gasteiger partial charge in [0.2, 0.25) is 0 Å². The molecule has 0 aliphatic rings. The first-order valence-corrected chi connectivity index (χ1v) is 8.51. The van der Waals surface area contributed by atoms with Crippen LogP contribution in [-0.2, 0) is 10.2 Å². The van der Waals surface area contributed by atoms with E-state index in [2.05, 4.69) is 4.72 Å². The van der Waals surface area contributed by atoms with Gasteiger partial charge in [-0.25, -0.2) is 0 Å². The number of nitrogens with one attached hydrogen (secondary N) is 1. The van der Waals surface area contributed by atoms with E-state index in [0.29, 0.717) is 12.3 Å². The van der Waals surface area contributed by atoms with Gasteiger partial charge in [0.1, 0.15) is 0 Å². The van der Waals surface area contributed by atoms with Crippen LogP contribution in [-0.4, -0.2) is 55.6 Å². The molecule has 17 heavy (non-hydrogen) atoms. The van der Waals surface area contributed by atoms with Gasteiger partial charge < -0.3 is 5.11 Å². The number of unbranched alkanes of at least 4 members (excludes halogenated alkanes) is 1. The highest BCUT2D eigenvalue weighted by molar-refractivity contribution is 7.98. The minimum Gasteiger partial charge on any atom is -0.388 e. The molecule has 104 valence electrons. The maximum atomic E-state index is 11.8. The highest BCUT2D eigenvalue weighted by atomic mass is 32.2. The Morgan fingerprint density at radius 3 is 2.53 bits per heavy atom. The fraction of sp³-hybridized carbons (Fsp3) is 1.00. The molecule has 1 atom stereocenters. The van der Waals surface area contributed by atoms with Crippen LogP contribution < -0.4 is 4.72 Å². The lowest BCUT2D eigenvalue weighted by Crippen LogP contribution is -2.47. The van der Waals surface area contributed by atoms with Crippen LogP contribution in [0, 0.1) is 0 Å². The molecule has 0 spiro atoms. The van der Waals surface area contributed by atoms with E-state index >= 15 is 0 Å². The Kier molecular flexibility index (Phi) is 7.66. The van der Waals surface area contributed by atoms with Crippen molar-refractivity contribution in [3.05, 3.63) is 0 Å². The van der Waals surface area contributed by atoms with Crippen molar-refractivity contribution < 1.29 is 13.5 Å². The Bertz CT molecular complexity index is 305. The first kappa shape index (κ1) is 17.2. The summed E-state index contributed by atoms with van der Waals surface area (Å²) in [6.45, 7) is 4.17. The number of nitrogens with zero attached hydrogens (tertiary/aromatic N) is 1. The number of hydrogen-bond donors (Lipinski definition) is 2. The molecule has 0 heterocycles. The van der Waals surface area contributed by atoms with Gasteiger partial charge in [-0.15, -0.1) is 0 Å². The summed E-state index contributed by atoms with van der Waals surface area (Å²) < 4.78 is 27.3. The van der Waals surface area contributed by atoms with Gasteiger partial charge in [0.25, 0.3) is 10.2 Å². The average molecular weight is 284 g/mol. The molecule has 1 unspecified atom stereocenters. The maximum absolute atomic E-state index is 11.8. The summed E-state index contributed by atoms with van der Waals surface area (Å²) in [5.41, 5.74) is -1.02. The van der Waals surface area contributed by atoms with Crippen molar-refractivity contribution in [2.24, 2.45) is 0 Å². The van der Waals surface area contributed by atoms with E-state index in [9.17, 15) is 13.5 Å². The predicted molar refractivity (Wildman–Crippen MR) is 73.5 cm³/mol. The lowest BCUT2D eigenvalue weighted by molar-refractivity contribution is 0.0904. The van der Waals surface area contributed by atoms with E-state index in [4.69, 9.17) is 0 Å². The van der Waals surface area contributed by atoms with E-state index in [1.54, 1.807) is 14.0 Å². The number of hydrogen-bond acceptors (Lipinski definition) is 4. The van der Waals surface area contributed by atoms with Crippen LogP contribution in [0.3, 0.4) is 0 Å². The van der Waals surface area contributed by atoms with Gasteiger partial charge in [0.05, 0.1) is 5.60 Å². The molecule has 0 aliphatic carbocycles. The van der Waals surface area contributed by atoms with Gasteiger partial charge in [-0.1, -0.05) is 13.3 Å². The summed E-state index contributed by atoms with van der Waals surface area (Å²) >= 11 is 1.48. The molecule has 0 fully saturated rings. The number of aliphatic hydroxyl groups is 1. The third-order valence-corrected chi connectivity index (χ3v) is 4.75. The van der Waals surface area contributed by atoms with Crippen LogP contribution >= 0.6 is 11.8 Å². The van der Waals surface area contributed by atoms with Gasteiger partial charge in [-0.3, -0.25) is 0 Å². The summed E-state index contributed by atoms with van der Waals surface area (Å²) in [4.78, 5) is 0. The van der Waals surface area contributed by atoms with E-state index < -0.39 is 15.8 Å². The van der Waals surface area contributed by atoms with Crippen molar-refractivity contribution in [1.29, 1.82) is 0 Å². The van der Waals surface area contributed by atoms with E-state index in [0.717, 1.165) is 12.8 Å². The molecule has 5 nitrogen and oxygen atoms in total. The minimum absolute atomic E-state index is 0.0344. The summed E-state index contributed by atoms with van der Waals surface area (Å²) in [6, 6.07) is 0. The zero-order chi connectivity index (χ0) is 13.5. The van der Waals surface area contributed by atoms with Gasteiger partial charge in [-0.2, -0.15) is 29.2 Å². The molecule has 0 saturated carbocycles. The number of thioether (sulfide) groups is 1. The second-order valence-electron chi connectivity index (χ2n) is 4.43. The lowest BCUT2D eigenvalue weighted by atomic mass is 10.1. The maximum Gasteiger partial charge on any atom is 0.279 e. The van der Waals surface area contributed by atoms with E-state index in [1.165, 1.54) is 16.1 Å². The quantitative estimate of drug-likeness (QED) is 0.653. The molecule has 0 amide bonds. The number of rotatable bonds is 9. The fourth-order valence-corrected chi connectivity index (χ4v) is 3.03. The Hall–Kier alpha value is 0.180. The predicted octanol–water partition coefficient (Wildman–Crippen LogP) is 0.667. The Balaban J connectivity index is 4.26. The summed E-state index contributed by atoms with van der Waals surface area (Å²) in [5, 5.41) is 9.87. The van der Waals surface area contributed by atoms with Crippen LogP contribution in [0.25, 0.3) is 0 Å². The third kappa shape index (κ3) is 7.25. The summed E-state index contributed by atoms with van der Waals surface area (Å²) in [6.07, 6.45) is 3.65. The van der Waals surface area contributed by atoms with Crippen LogP contribution in [0.15, 0.2) is 0 Å². The minimum atomic E-state index is -3.47. The second kappa shape index (κ2) is 7.58. The molecule has 0 rings (SSSR count). The fourth-order valence-electron chi connectivity index (χ4n) is 1.22. The Morgan fingerprint density at radius 2 is 2.06 bits per heavy atom. The van der Waals surface area contributed by atoms with Crippen molar-refractivity contribution in [3.8, 4) is 0 Å². The van der Waals surface area contributed by atoms with Crippen molar-refractivity contribution >= 4 is 22.0 Å². The summed E-state index contributed by atoms with van der Waals surface area (Å²) in [5.74, 6) is 0.494. The summed E-state index contributed by atoms with van der Waals surface area (Å²) in [7, 11) is -1.93. The first-order valence-electron chi connectivity index (χ1n) is 5.67. The normalized spacial score (nSPS) is 16.1.